The number of hydrogen-bond donors (Lipinski definition) is 1. The molecule has 4 nitrogen and oxygen atoms in total. The van der Waals surface area contributed by atoms with Gasteiger partial charge in [-0.25, -0.2) is 4.39 Å². The van der Waals surface area contributed by atoms with Gasteiger partial charge in [0.2, 0.25) is 5.91 Å². The first-order chi connectivity index (χ1) is 13.9. The number of carbonyl (C=O) groups excluding carboxylic acids is 2. The number of ether oxygens (including phenoxy) is 1. The molecule has 2 fully saturated rings. The Morgan fingerprint density at radius 2 is 2.03 bits per heavy atom. The molecule has 1 aliphatic carbocycles. The van der Waals surface area contributed by atoms with E-state index >= 15 is 0 Å². The lowest BCUT2D eigenvalue weighted by Crippen LogP contribution is -2.31. The lowest BCUT2D eigenvalue weighted by Gasteiger charge is -2.24. The number of allylic oxidation sites excluding steroid dienone is 1. The zero-order valence-corrected chi connectivity index (χ0v) is 16.6. The molecule has 2 atom stereocenters. The summed E-state index contributed by atoms with van der Waals surface area (Å²) in [6.07, 6.45) is 2.02. The molecule has 1 saturated heterocycles. The zero-order chi connectivity index (χ0) is 20.6. The van der Waals surface area contributed by atoms with Crippen LogP contribution in [0.5, 0.6) is 0 Å². The minimum atomic E-state index is -0.506. The van der Waals surface area contributed by atoms with E-state index < -0.39 is 11.2 Å². The second-order valence-electron chi connectivity index (χ2n) is 7.92. The molecule has 2 unspecified atom stereocenters. The van der Waals surface area contributed by atoms with Crippen LogP contribution in [0.15, 0.2) is 54.6 Å². The number of rotatable bonds is 5. The Labute approximate surface area is 173 Å². The average Bonchev–Trinajstić information content (AvgIpc) is 3.13. The Hall–Kier alpha value is -2.66. The summed E-state index contributed by atoms with van der Waals surface area (Å²) in [5.41, 5.74) is 2.51. The van der Waals surface area contributed by atoms with E-state index in [1.165, 1.54) is 12.1 Å². The highest BCUT2D eigenvalue weighted by molar-refractivity contribution is 6.30. The minimum absolute atomic E-state index is 0.0799. The van der Waals surface area contributed by atoms with Crippen LogP contribution in [-0.2, 0) is 27.2 Å². The molecule has 29 heavy (non-hydrogen) atoms. The number of carbonyl (C=O) groups is 2. The van der Waals surface area contributed by atoms with E-state index in [9.17, 15) is 14.0 Å². The van der Waals surface area contributed by atoms with Crippen molar-refractivity contribution in [1.29, 1.82) is 0 Å². The summed E-state index contributed by atoms with van der Waals surface area (Å²) >= 11 is 5.73. The topological polar surface area (TPSA) is 55.4 Å². The van der Waals surface area contributed by atoms with E-state index in [0.29, 0.717) is 30.2 Å². The number of amides is 1. The van der Waals surface area contributed by atoms with Crippen LogP contribution in [0.2, 0.25) is 5.02 Å². The van der Waals surface area contributed by atoms with E-state index in [1.54, 1.807) is 18.2 Å². The maximum atomic E-state index is 13.9. The molecule has 4 rings (SSSR count). The largest absolute Gasteiger partial charge is 0.465 e. The van der Waals surface area contributed by atoms with Crippen LogP contribution in [0.1, 0.15) is 24.0 Å². The molecule has 1 saturated carbocycles. The highest BCUT2D eigenvalue weighted by Gasteiger charge is 2.55. The van der Waals surface area contributed by atoms with Crippen molar-refractivity contribution in [2.45, 2.75) is 25.7 Å². The van der Waals surface area contributed by atoms with Crippen molar-refractivity contribution in [1.82, 2.24) is 0 Å². The van der Waals surface area contributed by atoms with Gasteiger partial charge in [-0.3, -0.25) is 9.59 Å². The molecule has 150 valence electrons. The first-order valence-corrected chi connectivity index (χ1v) is 9.90. The van der Waals surface area contributed by atoms with E-state index in [1.807, 2.05) is 12.1 Å². The van der Waals surface area contributed by atoms with Gasteiger partial charge in [0, 0.05) is 16.6 Å². The van der Waals surface area contributed by atoms with Crippen LogP contribution in [-0.4, -0.2) is 18.5 Å². The third kappa shape index (κ3) is 3.92. The van der Waals surface area contributed by atoms with E-state index in [0.717, 1.165) is 17.6 Å². The maximum absolute atomic E-state index is 13.9. The van der Waals surface area contributed by atoms with Gasteiger partial charge in [-0.05, 0) is 54.7 Å². The fraction of sp³-hybridized carbons (Fsp3) is 0.304. The zero-order valence-electron chi connectivity index (χ0n) is 15.8. The van der Waals surface area contributed by atoms with Crippen molar-refractivity contribution in [2.75, 3.05) is 11.9 Å². The lowest BCUT2D eigenvalue weighted by atomic mass is 9.75. The van der Waals surface area contributed by atoms with Crippen LogP contribution < -0.4 is 5.32 Å². The number of cyclic esters (lactones) is 1. The molecule has 2 aromatic carbocycles. The summed E-state index contributed by atoms with van der Waals surface area (Å²) in [7, 11) is 0. The normalized spacial score (nSPS) is 23.0. The predicted molar refractivity (Wildman–Crippen MR) is 109 cm³/mol. The summed E-state index contributed by atoms with van der Waals surface area (Å²) in [4.78, 5) is 24.6. The van der Waals surface area contributed by atoms with Gasteiger partial charge in [-0.2, -0.15) is 0 Å². The molecule has 1 amide bonds. The van der Waals surface area contributed by atoms with Crippen molar-refractivity contribution in [3.05, 3.63) is 76.6 Å². The summed E-state index contributed by atoms with van der Waals surface area (Å²) in [6.45, 7) is 4.53. The number of anilines is 1. The van der Waals surface area contributed by atoms with Crippen LogP contribution in [0, 0.1) is 17.2 Å². The molecule has 0 bridgehead atoms. The Morgan fingerprint density at radius 3 is 2.76 bits per heavy atom. The first kappa shape index (κ1) is 19.6. The third-order valence-corrected chi connectivity index (χ3v) is 6.06. The molecule has 0 spiro atoms. The predicted octanol–water partition coefficient (Wildman–Crippen LogP) is 4.71. The second-order valence-corrected chi connectivity index (χ2v) is 8.35. The van der Waals surface area contributed by atoms with Crippen LogP contribution >= 0.6 is 11.6 Å². The molecule has 2 aromatic rings. The Morgan fingerprint density at radius 1 is 1.28 bits per heavy atom. The van der Waals surface area contributed by atoms with Gasteiger partial charge in [-0.1, -0.05) is 42.0 Å². The van der Waals surface area contributed by atoms with Crippen molar-refractivity contribution >= 4 is 29.2 Å². The highest BCUT2D eigenvalue weighted by atomic mass is 35.5. The maximum Gasteiger partial charge on any atom is 0.313 e. The quantitative estimate of drug-likeness (QED) is 0.570. The van der Waals surface area contributed by atoms with E-state index in [2.05, 4.69) is 11.9 Å². The van der Waals surface area contributed by atoms with Gasteiger partial charge in [0.1, 0.15) is 5.82 Å². The third-order valence-electron chi connectivity index (χ3n) is 5.83. The number of hydrogen-bond acceptors (Lipinski definition) is 3. The molecule has 6 heteroatoms. The summed E-state index contributed by atoms with van der Waals surface area (Å²) in [5, 5.41) is 3.06. The Kier molecular flexibility index (Phi) is 5.17. The second kappa shape index (κ2) is 7.64. The SMILES string of the molecule is C=C1CC2COC(=O)C2(Cc2ccc(NC(=O)Cc3ccc(Cl)cc3F)cc2)C1. The fourth-order valence-electron chi connectivity index (χ4n) is 4.38. The molecular weight excluding hydrogens is 393 g/mol. The average molecular weight is 414 g/mol. The van der Waals surface area contributed by atoms with Crippen LogP contribution in [0.25, 0.3) is 0 Å². The number of nitrogens with one attached hydrogen (secondary N) is 1. The van der Waals surface area contributed by atoms with Crippen LogP contribution in [0.3, 0.4) is 0 Å². The van der Waals surface area contributed by atoms with Crippen molar-refractivity contribution < 1.29 is 18.7 Å². The van der Waals surface area contributed by atoms with Gasteiger partial charge in [-0.15, -0.1) is 0 Å². The Bertz CT molecular complexity index is 988. The molecule has 2 aliphatic rings. The van der Waals surface area contributed by atoms with Gasteiger partial charge in [0.15, 0.2) is 0 Å². The fourth-order valence-corrected chi connectivity index (χ4v) is 4.53. The summed E-state index contributed by atoms with van der Waals surface area (Å²) in [5.74, 6) is -0.762. The molecule has 0 radical (unpaired) electrons. The number of fused-ring (bicyclic) bond motifs is 1. The standard InChI is InChI=1S/C23H21ClFNO3/c1-14-8-17-13-29-22(28)23(17,11-14)12-15-2-6-19(7-3-15)26-21(27)9-16-4-5-18(24)10-20(16)25/h2-7,10,17H,1,8-9,11-13H2,(H,26,27). The van der Waals surface area contributed by atoms with Gasteiger partial charge in [0.05, 0.1) is 18.4 Å². The minimum Gasteiger partial charge on any atom is -0.465 e. The smallest absolute Gasteiger partial charge is 0.313 e. The molecule has 0 aromatic heterocycles. The molecule has 1 heterocycles. The molecular formula is C23H21ClFNO3. The van der Waals surface area contributed by atoms with Crippen molar-refractivity contribution in [2.24, 2.45) is 11.3 Å². The van der Waals surface area contributed by atoms with Gasteiger partial charge in [0.25, 0.3) is 0 Å². The first-order valence-electron chi connectivity index (χ1n) is 9.52. The lowest BCUT2D eigenvalue weighted by molar-refractivity contribution is -0.146. The number of halogens is 2. The highest BCUT2D eigenvalue weighted by Crippen LogP contribution is 2.52. The van der Waals surface area contributed by atoms with Crippen molar-refractivity contribution in [3.63, 3.8) is 0 Å². The van der Waals surface area contributed by atoms with E-state index in [-0.39, 0.29) is 29.8 Å². The Balaban J connectivity index is 1.41. The summed E-state index contributed by atoms with van der Waals surface area (Å²) in [6, 6.07) is 11.6. The monoisotopic (exact) mass is 413 g/mol. The number of esters is 1. The molecule has 1 aliphatic heterocycles. The van der Waals surface area contributed by atoms with Gasteiger partial charge >= 0.3 is 5.97 Å². The van der Waals surface area contributed by atoms with Crippen molar-refractivity contribution in [3.8, 4) is 0 Å². The number of benzene rings is 2. The molecule has 1 N–H and O–H groups in total. The van der Waals surface area contributed by atoms with Crippen LogP contribution in [0.4, 0.5) is 10.1 Å². The van der Waals surface area contributed by atoms with E-state index in [4.69, 9.17) is 16.3 Å². The summed E-state index contributed by atoms with van der Waals surface area (Å²) < 4.78 is 19.2. The van der Waals surface area contributed by atoms with Gasteiger partial charge < -0.3 is 10.1 Å².